The number of carbonyl (C=O) groups excluding carboxylic acids is 1. The molecule has 1 aliphatic rings. The van der Waals surface area contributed by atoms with Crippen LogP contribution in [0.4, 0.5) is 15.8 Å². The van der Waals surface area contributed by atoms with E-state index in [9.17, 15) is 9.18 Å². The topological polar surface area (TPSA) is 67.6 Å². The van der Waals surface area contributed by atoms with Crippen molar-refractivity contribution in [1.82, 2.24) is 4.90 Å². The predicted octanol–water partition coefficient (Wildman–Crippen LogP) is 1.84. The third kappa shape index (κ3) is 3.12. The largest absolute Gasteiger partial charge is 0.491 e. The maximum Gasteiger partial charge on any atom is 0.222 e. The Morgan fingerprint density at radius 1 is 1.55 bits per heavy atom. The Bertz CT molecular complexity index is 507. The number of nitrogens with two attached hydrogens (primary N) is 1. The number of carbonyl (C=O) groups is 1. The monoisotopic (exact) mass is 281 g/mol. The van der Waals surface area contributed by atoms with Gasteiger partial charge in [0.05, 0.1) is 18.0 Å². The number of piperidine rings is 1. The van der Waals surface area contributed by atoms with Crippen LogP contribution in [0.3, 0.4) is 0 Å². The molecule has 1 amide bonds. The summed E-state index contributed by atoms with van der Waals surface area (Å²) in [6.45, 7) is 2.80. The molecule has 1 heterocycles. The molecule has 1 saturated heterocycles. The highest BCUT2D eigenvalue weighted by molar-refractivity contribution is 5.77. The van der Waals surface area contributed by atoms with Gasteiger partial charge in [-0.2, -0.15) is 0 Å². The summed E-state index contributed by atoms with van der Waals surface area (Å²) in [6, 6.07) is 2.94. The molecule has 5 nitrogen and oxygen atoms in total. The van der Waals surface area contributed by atoms with Crippen molar-refractivity contribution in [3.05, 3.63) is 17.9 Å². The molecular formula is C14H20FN3O2. The molecular weight excluding hydrogens is 261 g/mol. The van der Waals surface area contributed by atoms with Crippen LogP contribution in [0, 0.1) is 5.82 Å². The maximum atomic E-state index is 13.6. The van der Waals surface area contributed by atoms with E-state index in [4.69, 9.17) is 10.5 Å². The number of nitrogens with one attached hydrogen (secondary N) is 1. The minimum atomic E-state index is -0.467. The molecule has 1 unspecified atom stereocenters. The van der Waals surface area contributed by atoms with Gasteiger partial charge in [0.15, 0.2) is 11.6 Å². The van der Waals surface area contributed by atoms with Crippen LogP contribution in [0.25, 0.3) is 0 Å². The molecule has 0 radical (unpaired) electrons. The Balaban J connectivity index is 2.12. The lowest BCUT2D eigenvalue weighted by Gasteiger charge is -2.31. The molecule has 110 valence electrons. The summed E-state index contributed by atoms with van der Waals surface area (Å²) in [5, 5.41) is 3.26. The van der Waals surface area contributed by atoms with Crippen molar-refractivity contribution in [2.24, 2.45) is 0 Å². The summed E-state index contributed by atoms with van der Waals surface area (Å²) < 4.78 is 18.8. The fraction of sp³-hybridized carbons (Fsp3) is 0.500. The van der Waals surface area contributed by atoms with Crippen LogP contribution in [0.5, 0.6) is 5.75 Å². The van der Waals surface area contributed by atoms with E-state index in [1.165, 1.54) is 6.07 Å². The standard InChI is InChI=1S/C14H20FN3O2/c1-3-20-13-7-12(11(16)6-10(13)15)17-9-4-5-14(19)18(2)8-9/h6-7,9,17H,3-5,8,16H2,1-2H3. The van der Waals surface area contributed by atoms with Crippen molar-refractivity contribution < 1.29 is 13.9 Å². The number of benzene rings is 1. The SMILES string of the molecule is CCOc1cc(NC2CCC(=O)N(C)C2)c(N)cc1F. The minimum absolute atomic E-state index is 0.111. The summed E-state index contributed by atoms with van der Waals surface area (Å²) >= 11 is 0. The van der Waals surface area contributed by atoms with E-state index in [1.54, 1.807) is 24.9 Å². The van der Waals surface area contributed by atoms with Gasteiger partial charge >= 0.3 is 0 Å². The predicted molar refractivity (Wildman–Crippen MR) is 76.3 cm³/mol. The number of ether oxygens (including phenoxy) is 1. The molecule has 0 saturated carbocycles. The van der Waals surface area contributed by atoms with Crippen LogP contribution in [0.1, 0.15) is 19.8 Å². The summed E-state index contributed by atoms with van der Waals surface area (Å²) in [4.78, 5) is 13.1. The number of likely N-dealkylation sites (tertiary alicyclic amines) is 1. The number of nitrogens with zero attached hydrogens (tertiary/aromatic N) is 1. The van der Waals surface area contributed by atoms with E-state index in [0.717, 1.165) is 6.42 Å². The molecule has 0 aliphatic carbocycles. The fourth-order valence-corrected chi connectivity index (χ4v) is 2.31. The first-order valence-electron chi connectivity index (χ1n) is 6.73. The van der Waals surface area contributed by atoms with Crippen LogP contribution in [-0.2, 0) is 4.79 Å². The molecule has 0 aromatic heterocycles. The third-order valence-corrected chi connectivity index (χ3v) is 3.39. The van der Waals surface area contributed by atoms with E-state index in [-0.39, 0.29) is 17.7 Å². The Kier molecular flexibility index (Phi) is 4.32. The van der Waals surface area contributed by atoms with Crippen molar-refractivity contribution in [3.63, 3.8) is 0 Å². The molecule has 20 heavy (non-hydrogen) atoms. The third-order valence-electron chi connectivity index (χ3n) is 3.39. The maximum absolute atomic E-state index is 13.6. The molecule has 2 rings (SSSR count). The number of amides is 1. The summed E-state index contributed by atoms with van der Waals surface area (Å²) in [6.07, 6.45) is 1.25. The number of halogens is 1. The first-order chi connectivity index (χ1) is 9.51. The van der Waals surface area contributed by atoms with Crippen molar-refractivity contribution >= 4 is 17.3 Å². The lowest BCUT2D eigenvalue weighted by Crippen LogP contribution is -2.43. The smallest absolute Gasteiger partial charge is 0.222 e. The van der Waals surface area contributed by atoms with Gasteiger partial charge in [-0.15, -0.1) is 0 Å². The Hall–Kier alpha value is -1.98. The number of likely N-dealkylation sites (N-methyl/N-ethyl adjacent to an activating group) is 1. The van der Waals surface area contributed by atoms with E-state index < -0.39 is 5.82 Å². The van der Waals surface area contributed by atoms with Crippen molar-refractivity contribution in [1.29, 1.82) is 0 Å². The molecule has 0 bridgehead atoms. The van der Waals surface area contributed by atoms with Crippen LogP contribution in [0.15, 0.2) is 12.1 Å². The molecule has 3 N–H and O–H groups in total. The highest BCUT2D eigenvalue weighted by Gasteiger charge is 2.23. The van der Waals surface area contributed by atoms with Crippen molar-refractivity contribution in [3.8, 4) is 5.75 Å². The first-order valence-corrected chi connectivity index (χ1v) is 6.73. The quantitative estimate of drug-likeness (QED) is 0.826. The number of hydrogen-bond donors (Lipinski definition) is 2. The molecule has 0 spiro atoms. The highest BCUT2D eigenvalue weighted by Crippen LogP contribution is 2.29. The average Bonchev–Trinajstić information content (AvgIpc) is 2.39. The van der Waals surface area contributed by atoms with E-state index in [2.05, 4.69) is 5.32 Å². The zero-order chi connectivity index (χ0) is 14.7. The van der Waals surface area contributed by atoms with E-state index in [1.807, 2.05) is 0 Å². The Morgan fingerprint density at radius 3 is 2.95 bits per heavy atom. The van der Waals surface area contributed by atoms with Crippen LogP contribution < -0.4 is 15.8 Å². The molecule has 6 heteroatoms. The number of hydrogen-bond acceptors (Lipinski definition) is 4. The second kappa shape index (κ2) is 5.98. The number of rotatable bonds is 4. The highest BCUT2D eigenvalue weighted by atomic mass is 19.1. The van der Waals surface area contributed by atoms with Crippen LogP contribution >= 0.6 is 0 Å². The lowest BCUT2D eigenvalue weighted by atomic mass is 10.0. The normalized spacial score (nSPS) is 19.1. The molecule has 1 aliphatic heterocycles. The number of anilines is 2. The van der Waals surface area contributed by atoms with Gasteiger partial charge in [0.25, 0.3) is 0 Å². The van der Waals surface area contributed by atoms with Crippen molar-refractivity contribution in [2.45, 2.75) is 25.8 Å². The molecule has 1 atom stereocenters. The van der Waals surface area contributed by atoms with Gasteiger partial charge in [0, 0.05) is 38.2 Å². The lowest BCUT2D eigenvalue weighted by molar-refractivity contribution is -0.132. The summed E-state index contributed by atoms with van der Waals surface area (Å²) in [5.41, 5.74) is 6.81. The van der Waals surface area contributed by atoms with E-state index in [0.29, 0.717) is 30.9 Å². The molecule has 1 aromatic rings. The minimum Gasteiger partial charge on any atom is -0.491 e. The van der Waals surface area contributed by atoms with Gasteiger partial charge in [0.1, 0.15) is 0 Å². The second-order valence-electron chi connectivity index (χ2n) is 4.96. The zero-order valence-corrected chi connectivity index (χ0v) is 11.8. The van der Waals surface area contributed by atoms with Gasteiger partial charge < -0.3 is 20.7 Å². The van der Waals surface area contributed by atoms with Gasteiger partial charge in [-0.1, -0.05) is 0 Å². The average molecular weight is 281 g/mol. The van der Waals surface area contributed by atoms with E-state index >= 15 is 0 Å². The second-order valence-corrected chi connectivity index (χ2v) is 4.96. The van der Waals surface area contributed by atoms with Crippen LogP contribution in [0.2, 0.25) is 0 Å². The van der Waals surface area contributed by atoms with Crippen LogP contribution in [-0.4, -0.2) is 37.0 Å². The first kappa shape index (κ1) is 14.4. The van der Waals surface area contributed by atoms with Gasteiger partial charge in [-0.05, 0) is 13.3 Å². The molecule has 1 fully saturated rings. The zero-order valence-electron chi connectivity index (χ0n) is 11.8. The number of nitrogen functional groups attached to an aromatic ring is 1. The van der Waals surface area contributed by atoms with Gasteiger partial charge in [0.2, 0.25) is 5.91 Å². The summed E-state index contributed by atoms with van der Waals surface area (Å²) in [7, 11) is 1.77. The molecule has 1 aromatic carbocycles. The fourth-order valence-electron chi connectivity index (χ4n) is 2.31. The Morgan fingerprint density at radius 2 is 2.30 bits per heavy atom. The Labute approximate surface area is 117 Å². The van der Waals surface area contributed by atoms with Crippen molar-refractivity contribution in [2.75, 3.05) is 31.2 Å². The van der Waals surface area contributed by atoms with Gasteiger partial charge in [-0.25, -0.2) is 4.39 Å². The summed E-state index contributed by atoms with van der Waals surface area (Å²) in [5.74, 6) is -0.139. The van der Waals surface area contributed by atoms with Gasteiger partial charge in [-0.3, -0.25) is 4.79 Å².